The zero-order chi connectivity index (χ0) is 18.7. The molecule has 0 aliphatic heterocycles. The first-order valence-corrected chi connectivity index (χ1v) is 8.01. The van der Waals surface area contributed by atoms with Crippen LogP contribution in [-0.4, -0.2) is 16.3 Å². The van der Waals surface area contributed by atoms with Crippen LogP contribution in [0.2, 0.25) is 0 Å². The van der Waals surface area contributed by atoms with E-state index in [1.807, 2.05) is 0 Å². The molecule has 2 aromatic carbocycles. The van der Waals surface area contributed by atoms with Gasteiger partial charge in [-0.1, -0.05) is 12.1 Å². The monoisotopic (exact) mass is 381 g/mol. The number of benzene rings is 2. The second kappa shape index (κ2) is 7.00. The predicted octanol–water partition coefficient (Wildman–Crippen LogP) is 5.36. The fourth-order valence-corrected chi connectivity index (χ4v) is 2.85. The lowest BCUT2D eigenvalue weighted by atomic mass is 10.1. The summed E-state index contributed by atoms with van der Waals surface area (Å²) >= 11 is 1.26. The standard InChI is InChI=1S/C16H10F3N3O3S/c17-16(18,19)25-13-6-4-11(5-7-13)20-15-21-14(9-26-15)10-2-1-3-12(8-10)22(23)24/h1-9H,(H,20,21). The maximum absolute atomic E-state index is 12.1. The van der Waals surface area contributed by atoms with Crippen LogP contribution in [0.25, 0.3) is 11.3 Å². The Bertz CT molecular complexity index is 926. The first-order valence-electron chi connectivity index (χ1n) is 7.13. The van der Waals surface area contributed by atoms with Crippen LogP contribution in [0.15, 0.2) is 53.9 Å². The maximum Gasteiger partial charge on any atom is 0.573 e. The third-order valence-electron chi connectivity index (χ3n) is 3.20. The van der Waals surface area contributed by atoms with E-state index in [4.69, 9.17) is 0 Å². The van der Waals surface area contributed by atoms with E-state index in [0.29, 0.717) is 22.1 Å². The summed E-state index contributed by atoms with van der Waals surface area (Å²) in [7, 11) is 0. The van der Waals surface area contributed by atoms with E-state index in [1.165, 1.54) is 47.7 Å². The number of nitro benzene ring substituents is 1. The number of rotatable bonds is 5. The van der Waals surface area contributed by atoms with Gasteiger partial charge in [-0.25, -0.2) is 4.98 Å². The number of nitrogens with zero attached hydrogens (tertiary/aromatic N) is 2. The second-order valence-corrected chi connectivity index (χ2v) is 5.90. The summed E-state index contributed by atoms with van der Waals surface area (Å²) in [6.07, 6.45) is -4.74. The highest BCUT2D eigenvalue weighted by Crippen LogP contribution is 2.30. The molecule has 0 fully saturated rings. The molecular weight excluding hydrogens is 371 g/mol. The summed E-state index contributed by atoms with van der Waals surface area (Å²) in [6.45, 7) is 0. The number of aromatic nitrogens is 1. The van der Waals surface area contributed by atoms with Crippen molar-refractivity contribution in [3.63, 3.8) is 0 Å². The highest BCUT2D eigenvalue weighted by molar-refractivity contribution is 7.14. The lowest BCUT2D eigenvalue weighted by Crippen LogP contribution is -2.16. The first kappa shape index (κ1) is 17.7. The maximum atomic E-state index is 12.1. The fourth-order valence-electron chi connectivity index (χ4n) is 2.11. The lowest BCUT2D eigenvalue weighted by Gasteiger charge is -2.09. The number of ether oxygens (including phenoxy) is 1. The number of nitrogens with one attached hydrogen (secondary N) is 1. The summed E-state index contributed by atoms with van der Waals surface area (Å²) in [5.74, 6) is -0.320. The molecule has 134 valence electrons. The van der Waals surface area contributed by atoms with Crippen LogP contribution >= 0.6 is 11.3 Å². The molecule has 3 aromatic rings. The summed E-state index contributed by atoms with van der Waals surface area (Å²) in [5, 5.41) is 16.0. The molecule has 6 nitrogen and oxygen atoms in total. The number of hydrogen-bond acceptors (Lipinski definition) is 6. The van der Waals surface area contributed by atoms with Crippen LogP contribution in [0.4, 0.5) is 29.7 Å². The quantitative estimate of drug-likeness (QED) is 0.475. The number of non-ortho nitro benzene ring substituents is 1. The topological polar surface area (TPSA) is 77.3 Å². The van der Waals surface area contributed by atoms with Gasteiger partial charge in [0.05, 0.1) is 10.6 Å². The van der Waals surface area contributed by atoms with Crippen molar-refractivity contribution in [1.29, 1.82) is 0 Å². The van der Waals surface area contributed by atoms with Crippen molar-refractivity contribution >= 4 is 27.8 Å². The van der Waals surface area contributed by atoms with Crippen LogP contribution in [-0.2, 0) is 0 Å². The van der Waals surface area contributed by atoms with Crippen molar-refractivity contribution in [3.05, 3.63) is 64.0 Å². The molecule has 0 aliphatic carbocycles. The Kier molecular flexibility index (Phi) is 4.76. The molecule has 1 N–H and O–H groups in total. The first-order chi connectivity index (χ1) is 12.3. The molecule has 0 spiro atoms. The van der Waals surface area contributed by atoms with Crippen LogP contribution in [0, 0.1) is 10.1 Å². The second-order valence-electron chi connectivity index (χ2n) is 5.04. The van der Waals surface area contributed by atoms with Gasteiger partial charge in [-0.3, -0.25) is 10.1 Å². The van der Waals surface area contributed by atoms with Crippen LogP contribution in [0.1, 0.15) is 0 Å². The van der Waals surface area contributed by atoms with Crippen molar-refractivity contribution < 1.29 is 22.8 Å². The smallest absolute Gasteiger partial charge is 0.406 e. The number of nitro groups is 1. The number of thiazole rings is 1. The van der Waals surface area contributed by atoms with Crippen molar-refractivity contribution in [3.8, 4) is 17.0 Å². The van der Waals surface area contributed by atoms with Gasteiger partial charge in [0.25, 0.3) is 5.69 Å². The Morgan fingerprint density at radius 3 is 2.54 bits per heavy atom. The van der Waals surface area contributed by atoms with Gasteiger partial charge in [0.15, 0.2) is 5.13 Å². The van der Waals surface area contributed by atoms with Crippen molar-refractivity contribution in [1.82, 2.24) is 4.98 Å². The summed E-state index contributed by atoms with van der Waals surface area (Å²) in [4.78, 5) is 14.7. The molecule has 26 heavy (non-hydrogen) atoms. The van der Waals surface area contributed by atoms with Gasteiger partial charge in [0.1, 0.15) is 5.75 Å². The average Bonchev–Trinajstić information content (AvgIpc) is 3.04. The average molecular weight is 381 g/mol. The van der Waals surface area contributed by atoms with Gasteiger partial charge in [0, 0.05) is 28.8 Å². The largest absolute Gasteiger partial charge is 0.573 e. The molecule has 0 radical (unpaired) electrons. The van der Waals surface area contributed by atoms with E-state index in [2.05, 4.69) is 15.0 Å². The van der Waals surface area contributed by atoms with E-state index in [0.717, 1.165) is 0 Å². The highest BCUT2D eigenvalue weighted by atomic mass is 32.1. The van der Waals surface area contributed by atoms with E-state index < -0.39 is 11.3 Å². The highest BCUT2D eigenvalue weighted by Gasteiger charge is 2.30. The fraction of sp³-hybridized carbons (Fsp3) is 0.0625. The van der Waals surface area contributed by atoms with Crippen molar-refractivity contribution in [2.45, 2.75) is 6.36 Å². The van der Waals surface area contributed by atoms with E-state index in [9.17, 15) is 23.3 Å². The van der Waals surface area contributed by atoms with Gasteiger partial charge in [-0.05, 0) is 24.3 Å². The zero-order valence-corrected chi connectivity index (χ0v) is 13.7. The lowest BCUT2D eigenvalue weighted by molar-refractivity contribution is -0.384. The third kappa shape index (κ3) is 4.48. The van der Waals surface area contributed by atoms with Crippen molar-refractivity contribution in [2.75, 3.05) is 5.32 Å². The van der Waals surface area contributed by atoms with Gasteiger partial charge >= 0.3 is 6.36 Å². The number of alkyl halides is 3. The minimum Gasteiger partial charge on any atom is -0.406 e. The normalized spacial score (nSPS) is 11.2. The minimum absolute atomic E-state index is 0.0368. The zero-order valence-electron chi connectivity index (χ0n) is 12.9. The number of halogens is 3. The van der Waals surface area contributed by atoms with E-state index >= 15 is 0 Å². The molecule has 1 aromatic heterocycles. The summed E-state index contributed by atoms with van der Waals surface area (Å²) < 4.78 is 40.2. The van der Waals surface area contributed by atoms with Crippen LogP contribution < -0.4 is 10.1 Å². The minimum atomic E-state index is -4.74. The molecule has 0 atom stereocenters. The Balaban J connectivity index is 1.72. The van der Waals surface area contributed by atoms with Gasteiger partial charge < -0.3 is 10.1 Å². The molecule has 0 aliphatic rings. The molecule has 0 unspecified atom stereocenters. The van der Waals surface area contributed by atoms with Gasteiger partial charge in [-0.2, -0.15) is 0 Å². The Labute approximate surface area is 149 Å². The van der Waals surface area contributed by atoms with Crippen LogP contribution in [0.3, 0.4) is 0 Å². The Morgan fingerprint density at radius 1 is 1.15 bits per heavy atom. The molecule has 10 heteroatoms. The van der Waals surface area contributed by atoms with Crippen LogP contribution in [0.5, 0.6) is 5.75 Å². The van der Waals surface area contributed by atoms with E-state index in [-0.39, 0.29) is 11.4 Å². The number of hydrogen-bond donors (Lipinski definition) is 1. The molecule has 3 rings (SSSR count). The Hall–Kier alpha value is -3.14. The Morgan fingerprint density at radius 2 is 1.88 bits per heavy atom. The molecule has 0 bridgehead atoms. The predicted molar refractivity (Wildman–Crippen MR) is 90.6 cm³/mol. The summed E-state index contributed by atoms with van der Waals surface area (Å²) in [6, 6.07) is 11.3. The molecule has 0 amide bonds. The summed E-state index contributed by atoms with van der Waals surface area (Å²) in [5.41, 5.74) is 1.64. The number of anilines is 2. The third-order valence-corrected chi connectivity index (χ3v) is 3.95. The van der Waals surface area contributed by atoms with Crippen molar-refractivity contribution in [2.24, 2.45) is 0 Å². The SMILES string of the molecule is O=[N+]([O-])c1cccc(-c2csc(Nc3ccc(OC(F)(F)F)cc3)n2)c1. The van der Waals surface area contributed by atoms with Gasteiger partial charge in [0.2, 0.25) is 0 Å². The van der Waals surface area contributed by atoms with E-state index in [1.54, 1.807) is 17.5 Å². The molecule has 0 saturated carbocycles. The molecule has 0 saturated heterocycles. The molecular formula is C16H10F3N3O3S. The molecule has 1 heterocycles. The van der Waals surface area contributed by atoms with Gasteiger partial charge in [-0.15, -0.1) is 24.5 Å².